The van der Waals surface area contributed by atoms with Gasteiger partial charge in [-0.15, -0.1) is 10.2 Å². The Labute approximate surface area is 161 Å². The van der Waals surface area contributed by atoms with E-state index < -0.39 is 0 Å². The molecule has 6 nitrogen and oxygen atoms in total. The lowest BCUT2D eigenvalue weighted by Crippen LogP contribution is -1.94. The van der Waals surface area contributed by atoms with Crippen LogP contribution in [0, 0.1) is 20.8 Å². The lowest BCUT2D eigenvalue weighted by Gasteiger charge is -2.05. The summed E-state index contributed by atoms with van der Waals surface area (Å²) in [6, 6.07) is 13.9. The highest BCUT2D eigenvalue weighted by Crippen LogP contribution is 2.28. The fourth-order valence-corrected chi connectivity index (χ4v) is 3.49. The van der Waals surface area contributed by atoms with Crippen molar-refractivity contribution in [3.63, 3.8) is 0 Å². The number of furan rings is 1. The molecule has 27 heavy (non-hydrogen) atoms. The van der Waals surface area contributed by atoms with Crippen molar-refractivity contribution >= 4 is 11.8 Å². The number of benzene rings is 1. The van der Waals surface area contributed by atoms with Gasteiger partial charge >= 0.3 is 0 Å². The van der Waals surface area contributed by atoms with E-state index >= 15 is 0 Å². The molecule has 0 bridgehead atoms. The minimum absolute atomic E-state index is 0.468. The number of hydrogen-bond acceptors (Lipinski definition) is 7. The van der Waals surface area contributed by atoms with Crippen LogP contribution in [0.2, 0.25) is 0 Å². The molecule has 0 unspecified atom stereocenters. The predicted molar refractivity (Wildman–Crippen MR) is 103 cm³/mol. The molecule has 0 aliphatic rings. The first-order chi connectivity index (χ1) is 13.1. The second kappa shape index (κ2) is 7.36. The summed E-state index contributed by atoms with van der Waals surface area (Å²) < 4.78 is 11.3. The molecule has 4 aromatic rings. The molecule has 3 heterocycles. The van der Waals surface area contributed by atoms with E-state index in [0.29, 0.717) is 22.7 Å². The zero-order chi connectivity index (χ0) is 18.8. The standard InChI is InChI=1S/C20H18N4O2S/c1-12-9-17(15-7-5-4-6-8-15)22-20(21-12)27-11-18-23-24-19(26-18)16-10-13(2)25-14(16)3/h4-10H,11H2,1-3H3. The van der Waals surface area contributed by atoms with Gasteiger partial charge in [0.2, 0.25) is 5.89 Å². The number of hydrogen-bond donors (Lipinski definition) is 0. The number of thioether (sulfide) groups is 1. The van der Waals surface area contributed by atoms with Crippen molar-refractivity contribution in [2.45, 2.75) is 31.7 Å². The summed E-state index contributed by atoms with van der Waals surface area (Å²) in [7, 11) is 0. The van der Waals surface area contributed by atoms with Gasteiger partial charge in [0.05, 0.1) is 17.0 Å². The number of rotatable bonds is 5. The van der Waals surface area contributed by atoms with Crippen molar-refractivity contribution in [2.24, 2.45) is 0 Å². The monoisotopic (exact) mass is 378 g/mol. The van der Waals surface area contributed by atoms with E-state index in [1.807, 2.05) is 63.2 Å². The molecule has 4 rings (SSSR count). The lowest BCUT2D eigenvalue weighted by atomic mass is 10.1. The maximum atomic E-state index is 5.77. The molecule has 0 radical (unpaired) electrons. The predicted octanol–water partition coefficient (Wildman–Crippen LogP) is 5.00. The Balaban J connectivity index is 1.51. The normalized spacial score (nSPS) is 11.1. The Morgan fingerprint density at radius 3 is 2.48 bits per heavy atom. The minimum atomic E-state index is 0.468. The highest BCUT2D eigenvalue weighted by atomic mass is 32.2. The smallest absolute Gasteiger partial charge is 0.251 e. The second-order valence-corrected chi connectivity index (χ2v) is 7.10. The van der Waals surface area contributed by atoms with Gasteiger partial charge in [0.1, 0.15) is 11.5 Å². The first-order valence-corrected chi connectivity index (χ1v) is 9.51. The molecule has 7 heteroatoms. The maximum absolute atomic E-state index is 5.77. The third-order valence-corrected chi connectivity index (χ3v) is 4.80. The third kappa shape index (κ3) is 3.93. The van der Waals surface area contributed by atoms with Gasteiger partial charge in [-0.3, -0.25) is 0 Å². The summed E-state index contributed by atoms with van der Waals surface area (Å²) >= 11 is 1.47. The maximum Gasteiger partial charge on any atom is 0.251 e. The number of aromatic nitrogens is 4. The second-order valence-electron chi connectivity index (χ2n) is 6.16. The van der Waals surface area contributed by atoms with Crippen LogP contribution in [0.1, 0.15) is 23.1 Å². The van der Waals surface area contributed by atoms with Gasteiger partial charge in [-0.05, 0) is 32.9 Å². The first-order valence-electron chi connectivity index (χ1n) is 8.52. The van der Waals surface area contributed by atoms with Gasteiger partial charge in [-0.25, -0.2) is 9.97 Å². The van der Waals surface area contributed by atoms with E-state index in [2.05, 4.69) is 20.2 Å². The Morgan fingerprint density at radius 2 is 1.74 bits per heavy atom. The zero-order valence-electron chi connectivity index (χ0n) is 15.3. The Bertz CT molecular complexity index is 1070. The summed E-state index contributed by atoms with van der Waals surface area (Å²) in [5, 5.41) is 8.94. The largest absolute Gasteiger partial charge is 0.466 e. The third-order valence-electron chi connectivity index (χ3n) is 3.97. The fourth-order valence-electron chi connectivity index (χ4n) is 2.75. The molecular weight excluding hydrogens is 360 g/mol. The van der Waals surface area contributed by atoms with Gasteiger partial charge in [0.15, 0.2) is 5.16 Å². The Kier molecular flexibility index (Phi) is 4.77. The van der Waals surface area contributed by atoms with Crippen LogP contribution in [0.4, 0.5) is 0 Å². The van der Waals surface area contributed by atoms with Crippen LogP contribution in [0.5, 0.6) is 0 Å². The Hall–Kier alpha value is -2.93. The molecule has 0 saturated heterocycles. The molecule has 0 N–H and O–H groups in total. The Morgan fingerprint density at radius 1 is 0.926 bits per heavy atom. The molecule has 0 saturated carbocycles. The van der Waals surface area contributed by atoms with Crippen molar-refractivity contribution in [1.82, 2.24) is 20.2 Å². The summed E-state index contributed by atoms with van der Waals surface area (Å²) in [5.41, 5.74) is 3.72. The quantitative estimate of drug-likeness (QED) is 0.357. The molecule has 0 fully saturated rings. The van der Waals surface area contributed by atoms with Crippen molar-refractivity contribution in [3.05, 3.63) is 65.6 Å². The topological polar surface area (TPSA) is 77.8 Å². The van der Waals surface area contributed by atoms with Crippen molar-refractivity contribution in [3.8, 4) is 22.7 Å². The first kappa shape index (κ1) is 17.5. The number of nitrogens with zero attached hydrogens (tertiary/aromatic N) is 4. The molecule has 0 atom stereocenters. The van der Waals surface area contributed by atoms with E-state index in [0.717, 1.165) is 34.0 Å². The van der Waals surface area contributed by atoms with Gasteiger partial charge in [-0.1, -0.05) is 42.1 Å². The highest BCUT2D eigenvalue weighted by Gasteiger charge is 2.15. The zero-order valence-corrected chi connectivity index (χ0v) is 16.1. The molecular formula is C20H18N4O2S. The summed E-state index contributed by atoms with van der Waals surface area (Å²) in [6.45, 7) is 5.74. The van der Waals surface area contributed by atoms with Crippen LogP contribution < -0.4 is 0 Å². The SMILES string of the molecule is Cc1cc(-c2ccccc2)nc(SCc2nnc(-c3cc(C)oc3C)o2)n1. The molecule has 3 aromatic heterocycles. The van der Waals surface area contributed by atoms with Crippen LogP contribution in [0.3, 0.4) is 0 Å². The van der Waals surface area contributed by atoms with Crippen LogP contribution in [0.15, 0.2) is 56.5 Å². The lowest BCUT2D eigenvalue weighted by molar-refractivity contribution is 0.499. The molecule has 136 valence electrons. The van der Waals surface area contributed by atoms with Crippen LogP contribution in [-0.2, 0) is 5.75 Å². The average Bonchev–Trinajstić information content (AvgIpc) is 3.26. The van der Waals surface area contributed by atoms with Crippen LogP contribution in [-0.4, -0.2) is 20.2 Å². The molecule has 0 aliphatic carbocycles. The molecule has 0 amide bonds. The van der Waals surface area contributed by atoms with E-state index in [4.69, 9.17) is 8.83 Å². The van der Waals surface area contributed by atoms with Crippen LogP contribution >= 0.6 is 11.8 Å². The fraction of sp³-hybridized carbons (Fsp3) is 0.200. The van der Waals surface area contributed by atoms with E-state index in [1.165, 1.54) is 11.8 Å². The average molecular weight is 378 g/mol. The molecule has 1 aromatic carbocycles. The van der Waals surface area contributed by atoms with Gasteiger partial charge in [0, 0.05) is 11.3 Å². The van der Waals surface area contributed by atoms with Crippen LogP contribution in [0.25, 0.3) is 22.7 Å². The van der Waals surface area contributed by atoms with E-state index in [1.54, 1.807) is 0 Å². The van der Waals surface area contributed by atoms with Crippen molar-refractivity contribution in [1.29, 1.82) is 0 Å². The highest BCUT2D eigenvalue weighted by molar-refractivity contribution is 7.98. The summed E-state index contributed by atoms with van der Waals surface area (Å²) in [5.74, 6) is 3.08. The van der Waals surface area contributed by atoms with Gasteiger partial charge in [0.25, 0.3) is 5.89 Å². The van der Waals surface area contributed by atoms with Crippen molar-refractivity contribution in [2.75, 3.05) is 0 Å². The van der Waals surface area contributed by atoms with E-state index in [9.17, 15) is 0 Å². The number of aryl methyl sites for hydroxylation is 3. The van der Waals surface area contributed by atoms with E-state index in [-0.39, 0.29) is 0 Å². The molecule has 0 spiro atoms. The van der Waals surface area contributed by atoms with Gasteiger partial charge < -0.3 is 8.83 Å². The summed E-state index contributed by atoms with van der Waals surface area (Å²) in [4.78, 5) is 9.15. The summed E-state index contributed by atoms with van der Waals surface area (Å²) in [6.07, 6.45) is 0. The van der Waals surface area contributed by atoms with Crippen molar-refractivity contribution < 1.29 is 8.83 Å². The van der Waals surface area contributed by atoms with Gasteiger partial charge in [-0.2, -0.15) is 0 Å². The minimum Gasteiger partial charge on any atom is -0.466 e. The molecule has 0 aliphatic heterocycles.